The third-order valence-corrected chi connectivity index (χ3v) is 6.77. The van der Waals surface area contributed by atoms with Gasteiger partial charge in [-0.05, 0) is 24.1 Å². The summed E-state index contributed by atoms with van der Waals surface area (Å²) in [6.07, 6.45) is 0. The molecule has 3 atom stereocenters. The van der Waals surface area contributed by atoms with Crippen LogP contribution in [0.4, 0.5) is 0 Å². The molecule has 3 aromatic carbocycles. The van der Waals surface area contributed by atoms with Gasteiger partial charge in [0.15, 0.2) is 9.93 Å². The van der Waals surface area contributed by atoms with Gasteiger partial charge < -0.3 is 4.74 Å². The molecule has 0 spiro atoms. The van der Waals surface area contributed by atoms with Crippen LogP contribution >= 0.6 is 23.2 Å². The fraction of sp³-hybridized carbons (Fsp3) is 0.217. The number of hydrogen-bond donors (Lipinski definition) is 0. The lowest BCUT2D eigenvalue weighted by molar-refractivity contribution is 0.137. The van der Waals surface area contributed by atoms with Gasteiger partial charge in [-0.1, -0.05) is 102 Å². The molecule has 26 heavy (non-hydrogen) atoms. The second-order valence-electron chi connectivity index (χ2n) is 7.23. The van der Waals surface area contributed by atoms with Gasteiger partial charge in [0.1, 0.15) is 5.75 Å². The molecular weight excluding hydrogens is 363 g/mol. The summed E-state index contributed by atoms with van der Waals surface area (Å²) in [5.41, 5.74) is 3.92. The van der Waals surface area contributed by atoms with Crippen molar-refractivity contribution in [2.75, 3.05) is 0 Å². The molecule has 5 rings (SSSR count). The van der Waals surface area contributed by atoms with Crippen LogP contribution in [0.25, 0.3) is 0 Å². The van der Waals surface area contributed by atoms with Gasteiger partial charge in [0.25, 0.3) is 0 Å². The monoisotopic (exact) mass is 380 g/mol. The van der Waals surface area contributed by atoms with Crippen LogP contribution in [0.15, 0.2) is 78.9 Å². The number of benzene rings is 3. The third-order valence-electron chi connectivity index (χ3n) is 5.74. The minimum Gasteiger partial charge on any atom is -0.479 e. The van der Waals surface area contributed by atoms with Crippen LogP contribution in [-0.2, 0) is 5.60 Å². The molecule has 3 heteroatoms. The van der Waals surface area contributed by atoms with E-state index in [0.29, 0.717) is 0 Å². The van der Waals surface area contributed by atoms with Crippen molar-refractivity contribution in [1.82, 2.24) is 0 Å². The number of aryl methyl sites for hydroxylation is 1. The SMILES string of the molecule is Cc1ccc([C@@H]2c3ccccc3O[C@@]3(c4ccccc4)[C@H]2C3(Cl)Cl)cc1. The molecule has 0 amide bonds. The molecule has 0 unspecified atom stereocenters. The van der Waals surface area contributed by atoms with Crippen LogP contribution in [0.3, 0.4) is 0 Å². The van der Waals surface area contributed by atoms with E-state index in [0.717, 1.165) is 16.9 Å². The fourth-order valence-corrected chi connectivity index (χ4v) is 5.41. The molecule has 0 N–H and O–H groups in total. The van der Waals surface area contributed by atoms with Gasteiger partial charge in [-0.25, -0.2) is 0 Å². The van der Waals surface area contributed by atoms with Gasteiger partial charge in [-0.15, -0.1) is 0 Å². The average molecular weight is 381 g/mol. The molecule has 1 saturated carbocycles. The zero-order valence-corrected chi connectivity index (χ0v) is 15.8. The second kappa shape index (κ2) is 5.52. The predicted octanol–water partition coefficient (Wildman–Crippen LogP) is 6.22. The van der Waals surface area contributed by atoms with E-state index in [1.165, 1.54) is 11.1 Å². The lowest BCUT2D eigenvalue weighted by Crippen LogP contribution is -2.28. The van der Waals surface area contributed by atoms with Gasteiger partial charge in [0.05, 0.1) is 5.92 Å². The van der Waals surface area contributed by atoms with Gasteiger partial charge in [0.2, 0.25) is 0 Å². The maximum atomic E-state index is 6.91. The molecule has 0 saturated heterocycles. The Morgan fingerprint density at radius 1 is 0.808 bits per heavy atom. The Bertz CT molecular complexity index is 965. The Labute approximate surface area is 163 Å². The summed E-state index contributed by atoms with van der Waals surface area (Å²) >= 11 is 13.8. The number of hydrogen-bond acceptors (Lipinski definition) is 1. The van der Waals surface area contributed by atoms with Crippen LogP contribution < -0.4 is 4.74 Å². The molecule has 0 aromatic heterocycles. The maximum absolute atomic E-state index is 6.91. The first-order valence-electron chi connectivity index (χ1n) is 8.83. The van der Waals surface area contributed by atoms with Crippen molar-refractivity contribution in [3.05, 3.63) is 101 Å². The first-order chi connectivity index (χ1) is 12.6. The van der Waals surface area contributed by atoms with Crippen molar-refractivity contribution in [3.8, 4) is 5.75 Å². The second-order valence-corrected chi connectivity index (χ2v) is 8.62. The smallest absolute Gasteiger partial charge is 0.174 e. The normalized spacial score (nSPS) is 27.8. The number of rotatable bonds is 2. The van der Waals surface area contributed by atoms with Crippen LogP contribution in [0.1, 0.15) is 28.2 Å². The maximum Gasteiger partial charge on any atom is 0.174 e. The summed E-state index contributed by atoms with van der Waals surface area (Å²) in [4.78, 5) is 0. The minimum atomic E-state index is -0.983. The van der Waals surface area contributed by atoms with Gasteiger partial charge >= 0.3 is 0 Å². The molecule has 1 aliphatic carbocycles. The third kappa shape index (κ3) is 2.05. The van der Waals surface area contributed by atoms with Crippen molar-refractivity contribution in [1.29, 1.82) is 0 Å². The summed E-state index contributed by atoms with van der Waals surface area (Å²) in [6.45, 7) is 2.10. The van der Waals surface area contributed by atoms with Crippen molar-refractivity contribution < 1.29 is 4.74 Å². The standard InChI is InChI=1S/C23H18Cl2O/c1-15-11-13-16(14-12-15)20-18-9-5-6-10-19(18)26-22(21(20)23(22,24)25)17-7-3-2-4-8-17/h2-14,20-21H,1H3/t20-,21+,22+/m1/s1. The zero-order valence-electron chi connectivity index (χ0n) is 14.3. The van der Waals surface area contributed by atoms with Crippen LogP contribution in [0.2, 0.25) is 0 Å². The average Bonchev–Trinajstić information content (AvgIpc) is 3.17. The van der Waals surface area contributed by atoms with E-state index in [4.69, 9.17) is 27.9 Å². The van der Waals surface area contributed by atoms with E-state index < -0.39 is 9.93 Å². The lowest BCUT2D eigenvalue weighted by Gasteiger charge is -2.31. The Kier molecular flexibility index (Phi) is 3.44. The van der Waals surface area contributed by atoms with E-state index in [1.54, 1.807) is 0 Å². The molecule has 1 aliphatic heterocycles. The Morgan fingerprint density at radius 3 is 2.19 bits per heavy atom. The highest BCUT2D eigenvalue weighted by Crippen LogP contribution is 2.77. The highest BCUT2D eigenvalue weighted by atomic mass is 35.5. The molecule has 1 heterocycles. The first kappa shape index (κ1) is 16.2. The predicted molar refractivity (Wildman–Crippen MR) is 106 cm³/mol. The van der Waals surface area contributed by atoms with Crippen molar-refractivity contribution in [2.45, 2.75) is 22.8 Å². The van der Waals surface area contributed by atoms with E-state index in [2.05, 4.69) is 49.4 Å². The Morgan fingerprint density at radius 2 is 1.46 bits per heavy atom. The molecule has 1 fully saturated rings. The lowest BCUT2D eigenvalue weighted by atomic mass is 9.82. The summed E-state index contributed by atoms with van der Waals surface area (Å²) in [7, 11) is 0. The number of para-hydroxylation sites is 1. The number of fused-ring (bicyclic) bond motifs is 2. The highest BCUT2D eigenvalue weighted by Gasteiger charge is 2.83. The largest absolute Gasteiger partial charge is 0.479 e. The molecular formula is C23H18Cl2O. The van der Waals surface area contributed by atoms with Crippen molar-refractivity contribution >= 4 is 23.2 Å². The Hall–Kier alpha value is -1.96. The minimum absolute atomic E-state index is 0.0432. The van der Waals surface area contributed by atoms with Crippen molar-refractivity contribution in [3.63, 3.8) is 0 Å². The molecule has 0 bridgehead atoms. The van der Waals surface area contributed by atoms with E-state index in [1.807, 2.05) is 36.4 Å². The summed E-state index contributed by atoms with van der Waals surface area (Å²) < 4.78 is 5.52. The van der Waals surface area contributed by atoms with Crippen LogP contribution in [0, 0.1) is 12.8 Å². The number of alkyl halides is 2. The molecule has 130 valence electrons. The summed E-state index contributed by atoms with van der Waals surface area (Å²) in [6, 6.07) is 26.9. The van der Waals surface area contributed by atoms with E-state index in [9.17, 15) is 0 Å². The fourth-order valence-electron chi connectivity index (χ4n) is 4.43. The quantitative estimate of drug-likeness (QED) is 0.479. The Balaban J connectivity index is 1.73. The molecule has 2 aliphatic rings. The zero-order chi connectivity index (χ0) is 17.9. The van der Waals surface area contributed by atoms with Gasteiger partial charge in [-0.2, -0.15) is 0 Å². The molecule has 0 radical (unpaired) electrons. The highest BCUT2D eigenvalue weighted by molar-refractivity contribution is 6.52. The van der Waals surface area contributed by atoms with Crippen LogP contribution in [-0.4, -0.2) is 4.33 Å². The van der Waals surface area contributed by atoms with E-state index in [-0.39, 0.29) is 11.8 Å². The summed E-state index contributed by atoms with van der Waals surface area (Å²) in [5, 5.41) is 0. The van der Waals surface area contributed by atoms with E-state index >= 15 is 0 Å². The van der Waals surface area contributed by atoms with Crippen LogP contribution in [0.5, 0.6) is 5.75 Å². The first-order valence-corrected chi connectivity index (χ1v) is 9.59. The molecule has 1 nitrogen and oxygen atoms in total. The molecule has 3 aromatic rings. The van der Waals surface area contributed by atoms with Gasteiger partial charge in [0, 0.05) is 11.5 Å². The van der Waals surface area contributed by atoms with Gasteiger partial charge in [-0.3, -0.25) is 0 Å². The summed E-state index contributed by atoms with van der Waals surface area (Å²) in [5.74, 6) is 0.912. The topological polar surface area (TPSA) is 9.23 Å². The van der Waals surface area contributed by atoms with Crippen molar-refractivity contribution in [2.24, 2.45) is 5.92 Å². The number of halogens is 2. The number of ether oxygens (including phenoxy) is 1.